The lowest BCUT2D eigenvalue weighted by Gasteiger charge is -1.99. The minimum atomic E-state index is -1.38. The monoisotopic (exact) mass is 131 g/mol. The second kappa shape index (κ2) is 4.17. The van der Waals surface area contributed by atoms with Crippen LogP contribution in [0.1, 0.15) is 6.42 Å². The molecule has 1 unspecified atom stereocenters. The number of carbonyl (C=O) groups excluding carboxylic acids is 2. The Morgan fingerprint density at radius 2 is 2.22 bits per heavy atom. The van der Waals surface area contributed by atoms with Crippen molar-refractivity contribution in [2.24, 2.45) is 0 Å². The molecule has 2 N–H and O–H groups in total. The number of hydrogen-bond donors (Lipinski definition) is 2. The third-order valence-corrected chi connectivity index (χ3v) is 0.804. The summed E-state index contributed by atoms with van der Waals surface area (Å²) in [5.41, 5.74) is 0. The molecule has 0 heterocycles. The highest BCUT2D eigenvalue weighted by atomic mass is 16.3. The van der Waals surface area contributed by atoms with Gasteiger partial charge in [-0.25, -0.2) is 0 Å². The maximum atomic E-state index is 10.2. The van der Waals surface area contributed by atoms with Crippen LogP contribution in [0.25, 0.3) is 0 Å². The van der Waals surface area contributed by atoms with E-state index in [1.54, 1.807) is 0 Å². The van der Waals surface area contributed by atoms with Gasteiger partial charge in [-0.2, -0.15) is 0 Å². The molecule has 0 fully saturated rings. The molecule has 4 nitrogen and oxygen atoms in total. The van der Waals surface area contributed by atoms with E-state index < -0.39 is 18.5 Å². The molecule has 0 aromatic heterocycles. The Morgan fingerprint density at radius 3 is 2.56 bits per heavy atom. The van der Waals surface area contributed by atoms with Crippen LogP contribution < -0.4 is 0 Å². The molecule has 0 aliphatic heterocycles. The summed E-state index contributed by atoms with van der Waals surface area (Å²) in [5.74, 6) is -0.752. The van der Waals surface area contributed by atoms with Gasteiger partial charge in [-0.3, -0.25) is 9.59 Å². The highest BCUT2D eigenvalue weighted by Crippen LogP contribution is 1.88. The normalized spacial score (nSPS) is 12.7. The summed E-state index contributed by atoms with van der Waals surface area (Å²) in [5, 5.41) is 16.6. The van der Waals surface area contributed by atoms with Gasteiger partial charge in [0.1, 0.15) is 12.7 Å². The average Bonchev–Trinajstić information content (AvgIpc) is 1.87. The van der Waals surface area contributed by atoms with Crippen LogP contribution >= 0.6 is 0 Å². The molecule has 0 rings (SSSR count). The second-order valence-electron chi connectivity index (χ2n) is 1.49. The first-order valence-electron chi connectivity index (χ1n) is 2.39. The first kappa shape index (κ1) is 8.26. The predicted molar refractivity (Wildman–Crippen MR) is 28.4 cm³/mol. The summed E-state index contributed by atoms with van der Waals surface area (Å²) in [6.07, 6.45) is -0.393. The van der Waals surface area contributed by atoms with Gasteiger partial charge in [0.2, 0.25) is 6.29 Å². The molecule has 9 heavy (non-hydrogen) atoms. The van der Waals surface area contributed by atoms with Gasteiger partial charge in [0.25, 0.3) is 0 Å². The first-order valence-corrected chi connectivity index (χ1v) is 2.39. The van der Waals surface area contributed by atoms with Crippen LogP contribution in [0.15, 0.2) is 0 Å². The Morgan fingerprint density at radius 1 is 1.67 bits per heavy atom. The van der Waals surface area contributed by atoms with Crippen molar-refractivity contribution < 1.29 is 19.8 Å². The molecule has 1 atom stereocenters. The topological polar surface area (TPSA) is 74.6 Å². The van der Waals surface area contributed by atoms with E-state index in [1.807, 2.05) is 0 Å². The number of Topliss-reactive ketones (excluding diaryl/α,β-unsaturated/α-hetero) is 1. The second-order valence-corrected chi connectivity index (χ2v) is 1.49. The Hall–Kier alpha value is -0.740. The fourth-order valence-electron chi connectivity index (χ4n) is 0.298. The zero-order valence-corrected chi connectivity index (χ0v) is 4.70. The summed E-state index contributed by atoms with van der Waals surface area (Å²) < 4.78 is 0. The van der Waals surface area contributed by atoms with Gasteiger partial charge in [0.15, 0.2) is 5.78 Å². The number of aliphatic hydroxyl groups excluding tert-OH is 2. The molecule has 0 aliphatic carbocycles. The number of ketones is 1. The van der Waals surface area contributed by atoms with E-state index in [0.717, 1.165) is 0 Å². The van der Waals surface area contributed by atoms with E-state index in [2.05, 4.69) is 0 Å². The molecule has 0 amide bonds. The molecular weight excluding hydrogens is 124 g/mol. The van der Waals surface area contributed by atoms with Crippen LogP contribution in [0.2, 0.25) is 0 Å². The summed E-state index contributed by atoms with van der Waals surface area (Å²) >= 11 is 0. The Kier molecular flexibility index (Phi) is 3.83. The van der Waals surface area contributed by atoms with Crippen molar-refractivity contribution in [1.82, 2.24) is 0 Å². The van der Waals surface area contributed by atoms with Gasteiger partial charge in [0, 0.05) is 6.42 Å². The summed E-state index contributed by atoms with van der Waals surface area (Å²) in [6, 6.07) is 0. The highest BCUT2D eigenvalue weighted by Gasteiger charge is 2.12. The molecule has 0 bridgehead atoms. The fourth-order valence-corrected chi connectivity index (χ4v) is 0.298. The largest absolute Gasteiger partial charge is 0.388 e. The first-order chi connectivity index (χ1) is 4.22. The lowest BCUT2D eigenvalue weighted by atomic mass is 10.2. The van der Waals surface area contributed by atoms with Gasteiger partial charge in [0.05, 0.1) is 0 Å². The molecular formula is C5H7O4. The smallest absolute Gasteiger partial charge is 0.201 e. The van der Waals surface area contributed by atoms with Crippen molar-refractivity contribution in [3.63, 3.8) is 0 Å². The van der Waals surface area contributed by atoms with Crippen molar-refractivity contribution in [2.75, 3.05) is 6.61 Å². The van der Waals surface area contributed by atoms with Crippen LogP contribution in [-0.4, -0.2) is 35.0 Å². The van der Waals surface area contributed by atoms with Crippen molar-refractivity contribution in [2.45, 2.75) is 12.5 Å². The minimum absolute atomic E-state index is 0.362. The van der Waals surface area contributed by atoms with Crippen molar-refractivity contribution >= 4 is 12.1 Å². The van der Waals surface area contributed by atoms with Crippen LogP contribution in [0, 0.1) is 0 Å². The van der Waals surface area contributed by atoms with Crippen molar-refractivity contribution in [3.8, 4) is 0 Å². The lowest BCUT2D eigenvalue weighted by Crippen LogP contribution is -2.23. The zero-order valence-electron chi connectivity index (χ0n) is 4.70. The van der Waals surface area contributed by atoms with E-state index in [1.165, 1.54) is 6.29 Å². The Labute approximate surface area is 52.1 Å². The summed E-state index contributed by atoms with van der Waals surface area (Å²) in [6.45, 7) is -0.733. The van der Waals surface area contributed by atoms with E-state index in [4.69, 9.17) is 10.2 Å². The SMILES string of the molecule is O=[C]CC(O)C(=O)CO. The third kappa shape index (κ3) is 2.94. The van der Waals surface area contributed by atoms with Crippen LogP contribution in [-0.2, 0) is 9.59 Å². The molecule has 1 radical (unpaired) electrons. The molecule has 0 spiro atoms. The molecule has 0 aromatic carbocycles. The fraction of sp³-hybridized carbons (Fsp3) is 0.600. The number of hydrogen-bond acceptors (Lipinski definition) is 4. The summed E-state index contributed by atoms with van der Waals surface area (Å²) in [7, 11) is 0. The van der Waals surface area contributed by atoms with Crippen LogP contribution in [0.5, 0.6) is 0 Å². The standard InChI is InChI=1S/C5H7O4/c6-2-1-4(8)5(9)3-7/h4,7-8H,1,3H2. The molecule has 51 valence electrons. The van der Waals surface area contributed by atoms with E-state index in [0.29, 0.717) is 0 Å². The number of carbonyl (C=O) groups is 1. The predicted octanol–water partition coefficient (Wildman–Crippen LogP) is -1.59. The Balaban J connectivity index is 3.58. The van der Waals surface area contributed by atoms with E-state index >= 15 is 0 Å². The van der Waals surface area contributed by atoms with Crippen LogP contribution in [0.3, 0.4) is 0 Å². The maximum Gasteiger partial charge on any atom is 0.201 e. The van der Waals surface area contributed by atoms with Gasteiger partial charge in [-0.05, 0) is 0 Å². The van der Waals surface area contributed by atoms with E-state index in [-0.39, 0.29) is 6.42 Å². The number of rotatable bonds is 4. The molecule has 4 heteroatoms. The van der Waals surface area contributed by atoms with E-state index in [9.17, 15) is 9.59 Å². The van der Waals surface area contributed by atoms with Gasteiger partial charge in [-0.15, -0.1) is 0 Å². The molecule has 0 saturated carbocycles. The Bertz CT molecular complexity index is 110. The highest BCUT2D eigenvalue weighted by molar-refractivity contribution is 5.85. The maximum absolute atomic E-state index is 10.2. The van der Waals surface area contributed by atoms with Crippen molar-refractivity contribution in [1.29, 1.82) is 0 Å². The van der Waals surface area contributed by atoms with Gasteiger partial charge >= 0.3 is 0 Å². The molecule has 0 aromatic rings. The van der Waals surface area contributed by atoms with Crippen LogP contribution in [0.4, 0.5) is 0 Å². The van der Waals surface area contributed by atoms with Gasteiger partial charge in [-0.1, -0.05) is 0 Å². The molecule has 0 saturated heterocycles. The number of aliphatic hydroxyl groups is 2. The van der Waals surface area contributed by atoms with Gasteiger partial charge < -0.3 is 10.2 Å². The average molecular weight is 131 g/mol. The zero-order chi connectivity index (χ0) is 7.28. The molecule has 0 aliphatic rings. The quantitative estimate of drug-likeness (QED) is 0.482. The third-order valence-electron chi connectivity index (χ3n) is 0.804. The summed E-state index contributed by atoms with van der Waals surface area (Å²) in [4.78, 5) is 19.7. The minimum Gasteiger partial charge on any atom is -0.388 e. The van der Waals surface area contributed by atoms with Crippen molar-refractivity contribution in [3.05, 3.63) is 0 Å². The lowest BCUT2D eigenvalue weighted by molar-refractivity contribution is -0.129.